The minimum Gasteiger partial charge on any atom is -0.327 e. The van der Waals surface area contributed by atoms with Gasteiger partial charge in [-0.2, -0.15) is 5.10 Å². The molecule has 3 heterocycles. The van der Waals surface area contributed by atoms with E-state index in [1.54, 1.807) is 0 Å². The van der Waals surface area contributed by atoms with E-state index in [0.29, 0.717) is 6.04 Å². The van der Waals surface area contributed by atoms with Gasteiger partial charge in [-0.25, -0.2) is 4.98 Å². The van der Waals surface area contributed by atoms with Crippen LogP contribution in [0.3, 0.4) is 0 Å². The molecule has 0 aromatic carbocycles. The Morgan fingerprint density at radius 2 is 2.30 bits per heavy atom. The van der Waals surface area contributed by atoms with E-state index < -0.39 is 0 Å². The fourth-order valence-electron chi connectivity index (χ4n) is 3.03. The van der Waals surface area contributed by atoms with E-state index >= 15 is 0 Å². The molecule has 1 saturated heterocycles. The lowest BCUT2D eigenvalue weighted by atomic mass is 9.79. The maximum atomic E-state index is 6.20. The second-order valence-electron chi connectivity index (χ2n) is 6.66. The molecule has 5 heteroatoms. The molecular formula is C15H23N5. The molecule has 0 bridgehead atoms. The number of hydrogen-bond acceptors (Lipinski definition) is 4. The number of nitrogens with one attached hydrogen (secondary N) is 1. The third-order valence-corrected chi connectivity index (χ3v) is 4.45. The van der Waals surface area contributed by atoms with Gasteiger partial charge >= 0.3 is 0 Å². The van der Waals surface area contributed by atoms with Crippen LogP contribution in [-0.2, 0) is 6.54 Å². The first kappa shape index (κ1) is 13.5. The number of pyridine rings is 1. The molecule has 2 aromatic rings. The molecule has 20 heavy (non-hydrogen) atoms. The molecule has 0 aliphatic carbocycles. The van der Waals surface area contributed by atoms with E-state index in [-0.39, 0.29) is 5.41 Å². The quantitative estimate of drug-likeness (QED) is 0.875. The Hall–Kier alpha value is -1.46. The Labute approximate surface area is 119 Å². The summed E-state index contributed by atoms with van der Waals surface area (Å²) in [5.41, 5.74) is 9.50. The van der Waals surface area contributed by atoms with E-state index in [0.717, 1.165) is 42.8 Å². The number of nitrogens with two attached hydrogens (primary N) is 1. The zero-order chi connectivity index (χ0) is 14.3. The van der Waals surface area contributed by atoms with Crippen LogP contribution >= 0.6 is 0 Å². The normalized spacial score (nSPS) is 23.3. The number of piperidine rings is 1. The summed E-state index contributed by atoms with van der Waals surface area (Å²) in [4.78, 5) is 6.90. The topological polar surface area (TPSA) is 70.8 Å². The highest BCUT2D eigenvalue weighted by Crippen LogP contribution is 2.28. The third-order valence-electron chi connectivity index (χ3n) is 4.45. The van der Waals surface area contributed by atoms with Crippen molar-refractivity contribution in [2.24, 2.45) is 11.1 Å². The van der Waals surface area contributed by atoms with Gasteiger partial charge in [-0.05, 0) is 30.4 Å². The molecule has 1 unspecified atom stereocenters. The molecule has 0 radical (unpaired) electrons. The highest BCUT2D eigenvalue weighted by Gasteiger charge is 2.33. The van der Waals surface area contributed by atoms with Gasteiger partial charge in [-0.15, -0.1) is 0 Å². The summed E-state index contributed by atoms with van der Waals surface area (Å²) >= 11 is 0. The summed E-state index contributed by atoms with van der Waals surface area (Å²) in [7, 11) is 0. The highest BCUT2D eigenvalue weighted by molar-refractivity contribution is 5.77. The zero-order valence-electron chi connectivity index (χ0n) is 12.5. The minimum absolute atomic E-state index is 0.182. The molecule has 0 saturated carbocycles. The Bertz CT molecular complexity index is 616. The molecule has 3 rings (SSSR count). The van der Waals surface area contributed by atoms with Crippen molar-refractivity contribution in [3.05, 3.63) is 23.5 Å². The van der Waals surface area contributed by atoms with E-state index in [1.807, 2.05) is 13.1 Å². The molecule has 1 fully saturated rings. The molecule has 0 spiro atoms. The zero-order valence-corrected chi connectivity index (χ0v) is 12.5. The second-order valence-corrected chi connectivity index (χ2v) is 6.66. The van der Waals surface area contributed by atoms with Gasteiger partial charge in [-0.1, -0.05) is 13.8 Å². The fourth-order valence-corrected chi connectivity index (χ4v) is 3.03. The predicted molar refractivity (Wildman–Crippen MR) is 80.3 cm³/mol. The average molecular weight is 273 g/mol. The van der Waals surface area contributed by atoms with Crippen molar-refractivity contribution in [1.82, 2.24) is 20.1 Å². The number of H-pyrrole nitrogens is 1. The first-order valence-electron chi connectivity index (χ1n) is 7.23. The molecular weight excluding hydrogens is 250 g/mol. The number of aromatic nitrogens is 3. The monoisotopic (exact) mass is 273 g/mol. The summed E-state index contributed by atoms with van der Waals surface area (Å²) in [6, 6.07) is 2.50. The Morgan fingerprint density at radius 1 is 1.50 bits per heavy atom. The minimum atomic E-state index is 0.182. The summed E-state index contributed by atoms with van der Waals surface area (Å²) in [5.74, 6) is 0. The summed E-state index contributed by atoms with van der Waals surface area (Å²) in [6.45, 7) is 9.58. The van der Waals surface area contributed by atoms with E-state index in [2.05, 4.69) is 40.0 Å². The van der Waals surface area contributed by atoms with Crippen molar-refractivity contribution >= 4 is 11.0 Å². The van der Waals surface area contributed by atoms with Crippen LogP contribution in [0.2, 0.25) is 0 Å². The van der Waals surface area contributed by atoms with Crippen LogP contribution in [0.15, 0.2) is 12.3 Å². The van der Waals surface area contributed by atoms with Gasteiger partial charge in [-0.3, -0.25) is 10.00 Å². The number of rotatable bonds is 2. The maximum absolute atomic E-state index is 6.20. The van der Waals surface area contributed by atoms with Crippen LogP contribution in [0.1, 0.15) is 31.5 Å². The second kappa shape index (κ2) is 4.82. The Morgan fingerprint density at radius 3 is 3.05 bits per heavy atom. The average Bonchev–Trinajstić information content (AvgIpc) is 2.75. The van der Waals surface area contributed by atoms with Gasteiger partial charge in [0.2, 0.25) is 0 Å². The number of hydrogen-bond donors (Lipinski definition) is 2. The Kier molecular flexibility index (Phi) is 3.26. The van der Waals surface area contributed by atoms with Gasteiger partial charge in [0, 0.05) is 43.0 Å². The van der Waals surface area contributed by atoms with Gasteiger partial charge < -0.3 is 5.73 Å². The van der Waals surface area contributed by atoms with Crippen molar-refractivity contribution in [1.29, 1.82) is 0 Å². The van der Waals surface area contributed by atoms with E-state index in [1.165, 1.54) is 5.56 Å². The molecule has 0 amide bonds. The van der Waals surface area contributed by atoms with Gasteiger partial charge in [0.1, 0.15) is 0 Å². The van der Waals surface area contributed by atoms with Crippen molar-refractivity contribution in [2.75, 3.05) is 13.1 Å². The number of fused-ring (bicyclic) bond motifs is 1. The highest BCUT2D eigenvalue weighted by atomic mass is 15.2. The molecule has 5 nitrogen and oxygen atoms in total. The van der Waals surface area contributed by atoms with Crippen LogP contribution in [0.5, 0.6) is 0 Å². The van der Waals surface area contributed by atoms with Crippen LogP contribution in [0.4, 0.5) is 0 Å². The number of aryl methyl sites for hydroxylation is 1. The molecule has 108 valence electrons. The molecule has 3 N–H and O–H groups in total. The lowest BCUT2D eigenvalue weighted by molar-refractivity contribution is 0.0898. The maximum Gasteiger partial charge on any atom is 0.181 e. The largest absolute Gasteiger partial charge is 0.327 e. The van der Waals surface area contributed by atoms with Crippen molar-refractivity contribution in [3.63, 3.8) is 0 Å². The number of aromatic amines is 1. The number of likely N-dealkylation sites (tertiary alicyclic amines) is 1. The van der Waals surface area contributed by atoms with E-state index in [9.17, 15) is 0 Å². The van der Waals surface area contributed by atoms with Gasteiger partial charge in [0.05, 0.1) is 0 Å². The first-order chi connectivity index (χ1) is 9.45. The molecule has 1 atom stereocenters. The summed E-state index contributed by atoms with van der Waals surface area (Å²) in [6.07, 6.45) is 3.00. The number of nitrogens with zero attached hydrogens (tertiary/aromatic N) is 3. The smallest absolute Gasteiger partial charge is 0.181 e. The molecule has 1 aliphatic heterocycles. The van der Waals surface area contributed by atoms with Crippen LogP contribution < -0.4 is 5.73 Å². The SMILES string of the molecule is Cc1[nH]nc2ncc(CN3CCC(N)C(C)(C)C3)cc12. The van der Waals surface area contributed by atoms with E-state index in [4.69, 9.17) is 5.73 Å². The predicted octanol–water partition coefficient (Wildman–Crippen LogP) is 1.83. The van der Waals surface area contributed by atoms with Crippen molar-refractivity contribution in [2.45, 2.75) is 39.8 Å². The first-order valence-corrected chi connectivity index (χ1v) is 7.23. The van der Waals surface area contributed by atoms with Crippen LogP contribution in [-0.4, -0.2) is 39.2 Å². The fraction of sp³-hybridized carbons (Fsp3) is 0.600. The van der Waals surface area contributed by atoms with Crippen molar-refractivity contribution in [3.8, 4) is 0 Å². The standard InChI is InChI=1S/C15H23N5/c1-10-12-6-11(7-17-14(12)19-18-10)8-20-5-4-13(16)15(2,3)9-20/h6-7,13H,4-5,8-9,16H2,1-3H3,(H,17,18,19). The molecule has 1 aliphatic rings. The van der Waals surface area contributed by atoms with Gasteiger partial charge in [0.25, 0.3) is 0 Å². The van der Waals surface area contributed by atoms with Gasteiger partial charge in [0.15, 0.2) is 5.65 Å². The lowest BCUT2D eigenvalue weighted by Gasteiger charge is -2.42. The third kappa shape index (κ3) is 2.43. The van der Waals surface area contributed by atoms with Crippen LogP contribution in [0, 0.1) is 12.3 Å². The Balaban J connectivity index is 1.78. The van der Waals surface area contributed by atoms with Crippen molar-refractivity contribution < 1.29 is 0 Å². The lowest BCUT2D eigenvalue weighted by Crippen LogP contribution is -2.52. The summed E-state index contributed by atoms with van der Waals surface area (Å²) < 4.78 is 0. The molecule has 2 aromatic heterocycles. The van der Waals surface area contributed by atoms with Crippen LogP contribution in [0.25, 0.3) is 11.0 Å². The summed E-state index contributed by atoms with van der Waals surface area (Å²) in [5, 5.41) is 8.28.